The van der Waals surface area contributed by atoms with Crippen LogP contribution < -0.4 is 5.48 Å². The summed E-state index contributed by atoms with van der Waals surface area (Å²) < 4.78 is 2.12. The van der Waals surface area contributed by atoms with Crippen molar-refractivity contribution < 1.29 is 4.84 Å². The molecule has 156 valence electrons. The van der Waals surface area contributed by atoms with E-state index in [1.807, 2.05) is 31.2 Å². The van der Waals surface area contributed by atoms with E-state index in [2.05, 4.69) is 39.1 Å². The number of aliphatic imine (C=N–C) groups is 2. The van der Waals surface area contributed by atoms with Crippen molar-refractivity contribution in [2.75, 3.05) is 14.2 Å². The van der Waals surface area contributed by atoms with E-state index in [9.17, 15) is 0 Å². The second-order valence-electron chi connectivity index (χ2n) is 7.09. The summed E-state index contributed by atoms with van der Waals surface area (Å²) in [6.45, 7) is 6.24. The number of benzene rings is 1. The number of thiophene rings is 1. The zero-order valence-corrected chi connectivity index (χ0v) is 19.1. The van der Waals surface area contributed by atoms with Crippen LogP contribution in [-0.2, 0) is 4.84 Å². The number of aryl methyl sites for hydroxylation is 2. The first-order valence-electron chi connectivity index (χ1n) is 9.55. The molecule has 1 aliphatic rings. The van der Waals surface area contributed by atoms with Crippen LogP contribution >= 0.6 is 22.9 Å². The van der Waals surface area contributed by atoms with E-state index in [0.717, 1.165) is 33.5 Å². The fourth-order valence-electron chi connectivity index (χ4n) is 3.61. The lowest BCUT2D eigenvalue weighted by molar-refractivity contribution is 0.142. The SMILES string of the molecule is CN=C(CC1N=C(c2ccc(Cl)cc2)c2c(sc(C)c2C)-n2c(C)nnc21)NOC. The summed E-state index contributed by atoms with van der Waals surface area (Å²) in [4.78, 5) is 15.8. The molecule has 30 heavy (non-hydrogen) atoms. The molecule has 0 bridgehead atoms. The molecule has 3 aromatic rings. The van der Waals surface area contributed by atoms with Gasteiger partial charge in [-0.25, -0.2) is 0 Å². The number of hydroxylamine groups is 1. The van der Waals surface area contributed by atoms with Crippen LogP contribution in [0.15, 0.2) is 34.3 Å². The first kappa shape index (κ1) is 20.7. The highest BCUT2D eigenvalue weighted by molar-refractivity contribution is 7.15. The Morgan fingerprint density at radius 1 is 1.23 bits per heavy atom. The molecule has 0 spiro atoms. The number of aromatic nitrogens is 3. The summed E-state index contributed by atoms with van der Waals surface area (Å²) in [5, 5.41) is 10.6. The van der Waals surface area contributed by atoms with E-state index >= 15 is 0 Å². The van der Waals surface area contributed by atoms with Crippen LogP contribution in [0.3, 0.4) is 0 Å². The molecular weight excluding hydrogens is 420 g/mol. The molecule has 0 radical (unpaired) electrons. The topological polar surface area (TPSA) is 76.7 Å². The van der Waals surface area contributed by atoms with Gasteiger partial charge in [-0.2, -0.15) is 0 Å². The molecule has 4 rings (SSSR count). The molecular formula is C21H23ClN6OS. The lowest BCUT2D eigenvalue weighted by atomic mass is 9.99. The zero-order valence-electron chi connectivity index (χ0n) is 17.5. The highest BCUT2D eigenvalue weighted by Gasteiger charge is 2.31. The summed E-state index contributed by atoms with van der Waals surface area (Å²) in [7, 11) is 3.29. The molecule has 7 nitrogen and oxygen atoms in total. The number of hydrogen-bond acceptors (Lipinski definition) is 6. The van der Waals surface area contributed by atoms with Crippen LogP contribution in [0.2, 0.25) is 5.02 Å². The number of rotatable bonds is 4. The van der Waals surface area contributed by atoms with Gasteiger partial charge < -0.3 is 0 Å². The van der Waals surface area contributed by atoms with Crippen molar-refractivity contribution in [3.05, 3.63) is 62.5 Å². The minimum absolute atomic E-state index is 0.280. The molecule has 0 fully saturated rings. The summed E-state index contributed by atoms with van der Waals surface area (Å²) in [5.74, 6) is 2.31. The minimum atomic E-state index is -0.280. The molecule has 1 N–H and O–H groups in total. The Labute approximate surface area is 184 Å². The molecule has 1 atom stereocenters. The van der Waals surface area contributed by atoms with Gasteiger partial charge in [0.05, 0.1) is 12.8 Å². The molecule has 3 heterocycles. The molecule has 1 unspecified atom stereocenters. The van der Waals surface area contributed by atoms with Crippen molar-refractivity contribution in [1.29, 1.82) is 0 Å². The lowest BCUT2D eigenvalue weighted by Gasteiger charge is -2.14. The number of nitrogens with zero attached hydrogens (tertiary/aromatic N) is 5. The van der Waals surface area contributed by atoms with Gasteiger partial charge in [-0.05, 0) is 38.5 Å². The number of hydrogen-bond donors (Lipinski definition) is 1. The maximum atomic E-state index is 6.15. The summed E-state index contributed by atoms with van der Waals surface area (Å²) >= 11 is 7.88. The first-order valence-corrected chi connectivity index (χ1v) is 10.7. The third-order valence-electron chi connectivity index (χ3n) is 5.23. The van der Waals surface area contributed by atoms with Crippen molar-refractivity contribution >= 4 is 34.5 Å². The fourth-order valence-corrected chi connectivity index (χ4v) is 4.95. The summed E-state index contributed by atoms with van der Waals surface area (Å²) in [5.41, 5.74) is 7.10. The van der Waals surface area contributed by atoms with E-state index in [1.165, 1.54) is 10.4 Å². The fraction of sp³-hybridized carbons (Fsp3) is 0.333. The van der Waals surface area contributed by atoms with Crippen molar-refractivity contribution in [1.82, 2.24) is 20.2 Å². The average Bonchev–Trinajstić information content (AvgIpc) is 3.20. The van der Waals surface area contributed by atoms with Crippen molar-refractivity contribution in [2.24, 2.45) is 9.98 Å². The Morgan fingerprint density at radius 2 is 1.97 bits per heavy atom. The van der Waals surface area contributed by atoms with Crippen molar-refractivity contribution in [3.63, 3.8) is 0 Å². The Balaban J connectivity index is 1.97. The summed E-state index contributed by atoms with van der Waals surface area (Å²) in [6, 6.07) is 7.53. The van der Waals surface area contributed by atoms with Crippen molar-refractivity contribution in [3.8, 4) is 5.00 Å². The first-order chi connectivity index (χ1) is 14.4. The van der Waals surface area contributed by atoms with E-state index < -0.39 is 0 Å². The Kier molecular flexibility index (Phi) is 5.73. The van der Waals surface area contributed by atoms with Gasteiger partial charge >= 0.3 is 0 Å². The number of nitrogens with one attached hydrogen (secondary N) is 1. The standard InChI is InChI=1S/C21H23ClN6OS/c1-11-12(2)30-21-18(11)19(14-6-8-15(22)9-7-14)24-16(10-17(23-4)27-29-5)20-26-25-13(3)28(20)21/h6-9,16H,10H2,1-5H3,(H,23,27). The third-order valence-corrected chi connectivity index (χ3v) is 6.68. The van der Waals surface area contributed by atoms with Crippen LogP contribution in [0.5, 0.6) is 0 Å². The minimum Gasteiger partial charge on any atom is -0.278 e. The molecule has 1 aromatic carbocycles. The van der Waals surface area contributed by atoms with Gasteiger partial charge in [0.1, 0.15) is 22.7 Å². The lowest BCUT2D eigenvalue weighted by Crippen LogP contribution is -2.24. The normalized spacial score (nSPS) is 16.0. The highest BCUT2D eigenvalue weighted by atomic mass is 35.5. The van der Waals surface area contributed by atoms with Crippen LogP contribution in [0, 0.1) is 20.8 Å². The maximum absolute atomic E-state index is 6.15. The van der Waals surface area contributed by atoms with Crippen LogP contribution in [0.4, 0.5) is 0 Å². The molecule has 9 heteroatoms. The quantitative estimate of drug-likeness (QED) is 0.370. The van der Waals surface area contributed by atoms with Gasteiger partial charge in [0, 0.05) is 34.5 Å². The van der Waals surface area contributed by atoms with Gasteiger partial charge in [-0.3, -0.25) is 24.9 Å². The second-order valence-corrected chi connectivity index (χ2v) is 8.72. The van der Waals surface area contributed by atoms with Gasteiger partial charge in [-0.1, -0.05) is 23.7 Å². The molecule has 0 saturated heterocycles. The van der Waals surface area contributed by atoms with E-state index in [4.69, 9.17) is 21.4 Å². The average molecular weight is 443 g/mol. The predicted octanol–water partition coefficient (Wildman–Crippen LogP) is 4.37. The molecule has 0 aliphatic carbocycles. The van der Waals surface area contributed by atoms with E-state index in [0.29, 0.717) is 17.3 Å². The largest absolute Gasteiger partial charge is 0.278 e. The van der Waals surface area contributed by atoms with Crippen LogP contribution in [0.1, 0.15) is 45.7 Å². The van der Waals surface area contributed by atoms with Crippen LogP contribution in [-0.4, -0.2) is 40.5 Å². The van der Waals surface area contributed by atoms with Crippen LogP contribution in [0.25, 0.3) is 5.00 Å². The Morgan fingerprint density at radius 3 is 2.63 bits per heavy atom. The predicted molar refractivity (Wildman–Crippen MR) is 121 cm³/mol. The third kappa shape index (κ3) is 3.55. The van der Waals surface area contributed by atoms with E-state index in [1.54, 1.807) is 25.5 Å². The maximum Gasteiger partial charge on any atom is 0.163 e. The number of fused-ring (bicyclic) bond motifs is 3. The molecule has 0 amide bonds. The molecule has 0 saturated carbocycles. The Hall–Kier alpha value is -2.55. The number of halogens is 1. The highest BCUT2D eigenvalue weighted by Crippen LogP contribution is 2.39. The second kappa shape index (κ2) is 8.29. The van der Waals surface area contributed by atoms with Gasteiger partial charge in [0.25, 0.3) is 0 Å². The summed E-state index contributed by atoms with van der Waals surface area (Å²) in [6.07, 6.45) is 0.506. The molecule has 1 aliphatic heterocycles. The van der Waals surface area contributed by atoms with E-state index in [-0.39, 0.29) is 6.04 Å². The smallest absolute Gasteiger partial charge is 0.163 e. The zero-order chi connectivity index (χ0) is 21.4. The monoisotopic (exact) mass is 442 g/mol. The van der Waals surface area contributed by atoms with Gasteiger partial charge in [0.15, 0.2) is 5.82 Å². The number of amidine groups is 1. The van der Waals surface area contributed by atoms with Gasteiger partial charge in [0.2, 0.25) is 0 Å². The molecule has 2 aromatic heterocycles. The Bertz CT molecular complexity index is 1150. The van der Waals surface area contributed by atoms with Gasteiger partial charge in [-0.15, -0.1) is 21.5 Å². The van der Waals surface area contributed by atoms with Crippen molar-refractivity contribution in [2.45, 2.75) is 33.2 Å².